The Kier molecular flexibility index (Phi) is 5.06. The first kappa shape index (κ1) is 20.8. The van der Waals surface area contributed by atoms with Gasteiger partial charge in [-0.25, -0.2) is 13.5 Å². The van der Waals surface area contributed by atoms with Crippen LogP contribution in [0.1, 0.15) is 38.3 Å². The Hall–Kier alpha value is -3.10. The molecular formula is C23H27F2N7. The number of halogens is 2. The quantitative estimate of drug-likeness (QED) is 0.446. The molecule has 9 heteroatoms. The van der Waals surface area contributed by atoms with Crippen LogP contribution in [0.3, 0.4) is 0 Å². The highest BCUT2D eigenvalue weighted by molar-refractivity contribution is 5.94. The SMILES string of the molecule is CCn1cc(-c2cn(CC3CCC(F)(F)CC3)c3cc(-c4c(C)nnn4C)cnc23)cn1. The van der Waals surface area contributed by atoms with Gasteiger partial charge in [0, 0.05) is 68.3 Å². The first-order valence-electron chi connectivity index (χ1n) is 11.1. The maximum absolute atomic E-state index is 13.7. The second-order valence-corrected chi connectivity index (χ2v) is 8.82. The number of aromatic nitrogens is 7. The Bertz CT molecular complexity index is 1240. The number of aryl methyl sites for hydroxylation is 3. The van der Waals surface area contributed by atoms with Crippen molar-refractivity contribution in [1.82, 2.24) is 34.3 Å². The minimum absolute atomic E-state index is 0.0314. The Morgan fingerprint density at radius 3 is 2.56 bits per heavy atom. The molecular weight excluding hydrogens is 412 g/mol. The van der Waals surface area contributed by atoms with Crippen molar-refractivity contribution in [1.29, 1.82) is 0 Å². The van der Waals surface area contributed by atoms with Crippen LogP contribution in [0, 0.1) is 12.8 Å². The lowest BCUT2D eigenvalue weighted by atomic mass is 9.87. The fraction of sp³-hybridized carbons (Fsp3) is 0.478. The van der Waals surface area contributed by atoms with E-state index in [1.54, 1.807) is 4.68 Å². The predicted molar refractivity (Wildman–Crippen MR) is 118 cm³/mol. The second kappa shape index (κ2) is 7.79. The van der Waals surface area contributed by atoms with Gasteiger partial charge in [0.2, 0.25) is 5.92 Å². The summed E-state index contributed by atoms with van der Waals surface area (Å²) in [5, 5.41) is 12.7. The van der Waals surface area contributed by atoms with E-state index < -0.39 is 5.92 Å². The van der Waals surface area contributed by atoms with E-state index in [-0.39, 0.29) is 18.8 Å². The first-order valence-corrected chi connectivity index (χ1v) is 11.1. The number of hydrogen-bond donors (Lipinski definition) is 0. The summed E-state index contributed by atoms with van der Waals surface area (Å²) in [6.45, 7) is 5.47. The monoisotopic (exact) mass is 439 g/mol. The van der Waals surface area contributed by atoms with Crippen LogP contribution < -0.4 is 0 Å². The largest absolute Gasteiger partial charge is 0.345 e. The molecule has 0 spiro atoms. The van der Waals surface area contributed by atoms with E-state index in [2.05, 4.69) is 32.2 Å². The smallest absolute Gasteiger partial charge is 0.248 e. The van der Waals surface area contributed by atoms with E-state index in [1.165, 1.54) is 0 Å². The predicted octanol–water partition coefficient (Wildman–Crippen LogP) is 4.85. The van der Waals surface area contributed by atoms with Crippen LogP contribution in [-0.4, -0.2) is 40.2 Å². The molecule has 0 aromatic carbocycles. The summed E-state index contributed by atoms with van der Waals surface area (Å²) in [5.41, 5.74) is 6.58. The molecule has 4 heterocycles. The fourth-order valence-electron chi connectivity index (χ4n) is 4.75. The van der Waals surface area contributed by atoms with Gasteiger partial charge in [0.15, 0.2) is 0 Å². The molecule has 1 aliphatic carbocycles. The number of nitrogens with zero attached hydrogens (tertiary/aromatic N) is 7. The maximum atomic E-state index is 13.7. The second-order valence-electron chi connectivity index (χ2n) is 8.82. The first-order chi connectivity index (χ1) is 15.3. The van der Waals surface area contributed by atoms with E-state index in [1.807, 2.05) is 44.2 Å². The van der Waals surface area contributed by atoms with Gasteiger partial charge in [0.1, 0.15) is 0 Å². The topological polar surface area (TPSA) is 66.3 Å². The highest BCUT2D eigenvalue weighted by Gasteiger charge is 2.35. The summed E-state index contributed by atoms with van der Waals surface area (Å²) in [5.74, 6) is -2.30. The molecule has 168 valence electrons. The molecule has 1 fully saturated rings. The number of hydrogen-bond acceptors (Lipinski definition) is 4. The molecule has 4 aromatic rings. The molecule has 7 nitrogen and oxygen atoms in total. The molecule has 0 amide bonds. The van der Waals surface area contributed by atoms with Gasteiger partial charge in [-0.15, -0.1) is 5.10 Å². The van der Waals surface area contributed by atoms with E-state index in [0.29, 0.717) is 19.4 Å². The van der Waals surface area contributed by atoms with Gasteiger partial charge in [0.25, 0.3) is 0 Å². The minimum Gasteiger partial charge on any atom is -0.345 e. The van der Waals surface area contributed by atoms with Crippen molar-refractivity contribution in [3.8, 4) is 22.4 Å². The highest BCUT2D eigenvalue weighted by atomic mass is 19.3. The zero-order valence-corrected chi connectivity index (χ0v) is 18.6. The maximum Gasteiger partial charge on any atom is 0.248 e. The lowest BCUT2D eigenvalue weighted by Crippen LogP contribution is -2.26. The lowest BCUT2D eigenvalue weighted by Gasteiger charge is -2.28. The third-order valence-electron chi connectivity index (χ3n) is 6.55. The molecule has 0 aliphatic heterocycles. The molecule has 5 rings (SSSR count). The van der Waals surface area contributed by atoms with Gasteiger partial charge >= 0.3 is 0 Å². The van der Waals surface area contributed by atoms with Gasteiger partial charge in [0.05, 0.1) is 28.6 Å². The standard InChI is InChI=1S/C23H27F2N7/c1-4-32-13-18(11-27-32)19-14-31(12-16-5-7-23(24,25)8-6-16)20-9-17(10-26-21(19)20)22-15(2)28-29-30(22)3/h9-11,13-14,16H,4-8,12H2,1-3H3. The van der Waals surface area contributed by atoms with Crippen molar-refractivity contribution in [3.05, 3.63) is 36.5 Å². The van der Waals surface area contributed by atoms with Gasteiger partial charge in [-0.2, -0.15) is 5.10 Å². The third-order valence-corrected chi connectivity index (χ3v) is 6.55. The Labute approximate surface area is 185 Å². The van der Waals surface area contributed by atoms with Crippen molar-refractivity contribution in [3.63, 3.8) is 0 Å². The minimum atomic E-state index is -2.52. The van der Waals surface area contributed by atoms with E-state index in [9.17, 15) is 8.78 Å². The summed E-state index contributed by atoms with van der Waals surface area (Å²) < 4.78 is 33.2. The summed E-state index contributed by atoms with van der Waals surface area (Å²) in [6, 6.07) is 2.11. The van der Waals surface area contributed by atoms with Crippen molar-refractivity contribution in [2.75, 3.05) is 0 Å². The summed E-state index contributed by atoms with van der Waals surface area (Å²) in [6.07, 6.45) is 8.83. The zero-order valence-electron chi connectivity index (χ0n) is 18.6. The van der Waals surface area contributed by atoms with Gasteiger partial charge in [-0.05, 0) is 38.7 Å². The van der Waals surface area contributed by atoms with Crippen LogP contribution in [-0.2, 0) is 20.1 Å². The van der Waals surface area contributed by atoms with Crippen LogP contribution >= 0.6 is 0 Å². The van der Waals surface area contributed by atoms with Crippen molar-refractivity contribution in [2.24, 2.45) is 13.0 Å². The summed E-state index contributed by atoms with van der Waals surface area (Å²) >= 11 is 0. The average molecular weight is 440 g/mol. The zero-order chi connectivity index (χ0) is 22.5. The van der Waals surface area contributed by atoms with Crippen LogP contribution in [0.5, 0.6) is 0 Å². The van der Waals surface area contributed by atoms with Crippen LogP contribution in [0.2, 0.25) is 0 Å². The van der Waals surface area contributed by atoms with E-state index >= 15 is 0 Å². The number of fused-ring (bicyclic) bond motifs is 1. The van der Waals surface area contributed by atoms with Crippen molar-refractivity contribution < 1.29 is 8.78 Å². The van der Waals surface area contributed by atoms with E-state index in [0.717, 1.165) is 45.7 Å². The number of pyridine rings is 1. The molecule has 0 unspecified atom stereocenters. The normalized spacial score (nSPS) is 16.8. The van der Waals surface area contributed by atoms with Gasteiger partial charge in [-0.3, -0.25) is 9.67 Å². The van der Waals surface area contributed by atoms with Crippen LogP contribution in [0.25, 0.3) is 33.4 Å². The van der Waals surface area contributed by atoms with Gasteiger partial charge in [-0.1, -0.05) is 5.21 Å². The van der Waals surface area contributed by atoms with Crippen LogP contribution in [0.15, 0.2) is 30.9 Å². The van der Waals surface area contributed by atoms with Crippen molar-refractivity contribution in [2.45, 2.75) is 58.5 Å². The highest BCUT2D eigenvalue weighted by Crippen LogP contribution is 2.38. The molecule has 1 aliphatic rings. The Balaban J connectivity index is 1.59. The number of alkyl halides is 2. The van der Waals surface area contributed by atoms with Crippen LogP contribution in [0.4, 0.5) is 8.78 Å². The molecule has 4 aromatic heterocycles. The fourth-order valence-corrected chi connectivity index (χ4v) is 4.75. The molecule has 0 atom stereocenters. The Morgan fingerprint density at radius 1 is 1.12 bits per heavy atom. The summed E-state index contributed by atoms with van der Waals surface area (Å²) in [4.78, 5) is 4.82. The van der Waals surface area contributed by atoms with E-state index in [4.69, 9.17) is 4.98 Å². The molecule has 1 saturated carbocycles. The molecule has 0 radical (unpaired) electrons. The molecule has 0 saturated heterocycles. The third kappa shape index (κ3) is 3.69. The summed E-state index contributed by atoms with van der Waals surface area (Å²) in [7, 11) is 1.87. The molecule has 0 N–H and O–H groups in total. The Morgan fingerprint density at radius 2 is 1.91 bits per heavy atom. The molecule has 32 heavy (non-hydrogen) atoms. The average Bonchev–Trinajstić information content (AvgIpc) is 3.47. The number of rotatable bonds is 5. The van der Waals surface area contributed by atoms with Gasteiger partial charge < -0.3 is 4.57 Å². The van der Waals surface area contributed by atoms with Crippen molar-refractivity contribution >= 4 is 11.0 Å². The lowest BCUT2D eigenvalue weighted by molar-refractivity contribution is -0.0472. The molecule has 0 bridgehead atoms.